The van der Waals surface area contributed by atoms with E-state index in [1.807, 2.05) is 0 Å². The van der Waals surface area contributed by atoms with E-state index in [1.54, 1.807) is 4.90 Å². The topological polar surface area (TPSA) is 57.6 Å². The molecule has 1 aliphatic carbocycles. The van der Waals surface area contributed by atoms with Gasteiger partial charge in [0, 0.05) is 12.5 Å². The molecule has 0 heterocycles. The highest BCUT2D eigenvalue weighted by Gasteiger charge is 2.34. The molecule has 4 nitrogen and oxygen atoms in total. The maximum Gasteiger partial charge on any atom is 0.323 e. The van der Waals surface area contributed by atoms with Crippen molar-refractivity contribution in [2.75, 3.05) is 6.54 Å². The van der Waals surface area contributed by atoms with Gasteiger partial charge in [-0.15, -0.1) is 0 Å². The van der Waals surface area contributed by atoms with Gasteiger partial charge in [-0.1, -0.05) is 33.1 Å². The Morgan fingerprint density at radius 2 is 2.00 bits per heavy atom. The number of amides is 1. The van der Waals surface area contributed by atoms with E-state index < -0.39 is 5.97 Å². The van der Waals surface area contributed by atoms with Crippen LogP contribution < -0.4 is 0 Å². The van der Waals surface area contributed by atoms with Crippen LogP contribution in [0.2, 0.25) is 0 Å². The Balaban J connectivity index is 2.46. The first-order chi connectivity index (χ1) is 8.58. The predicted molar refractivity (Wildman–Crippen MR) is 70.3 cm³/mol. The number of nitrogens with zero attached hydrogens (tertiary/aromatic N) is 1. The van der Waals surface area contributed by atoms with Crippen molar-refractivity contribution in [3.63, 3.8) is 0 Å². The smallest absolute Gasteiger partial charge is 0.323 e. The summed E-state index contributed by atoms with van der Waals surface area (Å²) in [6.45, 7) is 4.12. The molecule has 1 fully saturated rings. The van der Waals surface area contributed by atoms with Crippen molar-refractivity contribution >= 4 is 11.9 Å². The van der Waals surface area contributed by atoms with Gasteiger partial charge in [-0.05, 0) is 25.2 Å². The van der Waals surface area contributed by atoms with Gasteiger partial charge in [-0.2, -0.15) is 0 Å². The van der Waals surface area contributed by atoms with Gasteiger partial charge in [0.1, 0.15) is 6.54 Å². The molecule has 1 atom stereocenters. The number of carboxylic acids is 1. The second kappa shape index (κ2) is 7.39. The molecular weight excluding hydrogens is 230 g/mol. The maximum absolute atomic E-state index is 12.2. The monoisotopic (exact) mass is 255 g/mol. The molecule has 1 saturated carbocycles. The third-order valence-corrected chi connectivity index (χ3v) is 3.62. The van der Waals surface area contributed by atoms with E-state index in [0.29, 0.717) is 12.3 Å². The van der Waals surface area contributed by atoms with E-state index in [0.717, 1.165) is 38.5 Å². The largest absolute Gasteiger partial charge is 0.480 e. The summed E-state index contributed by atoms with van der Waals surface area (Å²) < 4.78 is 0. The number of hydrogen-bond acceptors (Lipinski definition) is 2. The summed E-state index contributed by atoms with van der Waals surface area (Å²) in [5.74, 6) is -0.466. The highest BCUT2D eigenvalue weighted by atomic mass is 16.4. The third-order valence-electron chi connectivity index (χ3n) is 3.62. The number of carboxylic acid groups (broad SMARTS) is 1. The highest BCUT2D eigenvalue weighted by molar-refractivity contribution is 5.82. The zero-order valence-electron chi connectivity index (χ0n) is 11.5. The number of rotatable bonds is 9. The fourth-order valence-corrected chi connectivity index (χ4v) is 2.26. The second-order valence-electron chi connectivity index (χ2n) is 5.27. The molecule has 1 rings (SSSR count). The van der Waals surface area contributed by atoms with Crippen molar-refractivity contribution < 1.29 is 14.7 Å². The Morgan fingerprint density at radius 3 is 2.44 bits per heavy atom. The van der Waals surface area contributed by atoms with E-state index >= 15 is 0 Å². The van der Waals surface area contributed by atoms with E-state index in [2.05, 4.69) is 13.8 Å². The lowest BCUT2D eigenvalue weighted by Gasteiger charge is -2.23. The molecule has 1 aliphatic rings. The van der Waals surface area contributed by atoms with Crippen LogP contribution in [0.15, 0.2) is 0 Å². The van der Waals surface area contributed by atoms with Crippen molar-refractivity contribution in [3.05, 3.63) is 0 Å². The van der Waals surface area contributed by atoms with Crippen LogP contribution in [0.25, 0.3) is 0 Å². The first-order valence-corrected chi connectivity index (χ1v) is 7.09. The molecule has 0 radical (unpaired) electrons. The number of unbranched alkanes of at least 4 members (excludes halogenated alkanes) is 1. The van der Waals surface area contributed by atoms with Gasteiger partial charge in [0.2, 0.25) is 5.91 Å². The molecule has 1 amide bonds. The minimum Gasteiger partial charge on any atom is -0.480 e. The zero-order chi connectivity index (χ0) is 13.5. The lowest BCUT2D eigenvalue weighted by Crippen LogP contribution is -2.38. The molecular formula is C14H25NO3. The van der Waals surface area contributed by atoms with Crippen LogP contribution in [0.3, 0.4) is 0 Å². The molecule has 18 heavy (non-hydrogen) atoms. The fourth-order valence-electron chi connectivity index (χ4n) is 2.26. The highest BCUT2D eigenvalue weighted by Crippen LogP contribution is 2.28. The third kappa shape index (κ3) is 5.07. The van der Waals surface area contributed by atoms with Gasteiger partial charge < -0.3 is 10.0 Å². The molecule has 104 valence electrons. The summed E-state index contributed by atoms with van der Waals surface area (Å²) in [5.41, 5.74) is 0. The molecule has 0 saturated heterocycles. The molecule has 0 aromatic carbocycles. The van der Waals surface area contributed by atoms with E-state index in [1.165, 1.54) is 0 Å². The van der Waals surface area contributed by atoms with Gasteiger partial charge in [0.05, 0.1) is 0 Å². The second-order valence-corrected chi connectivity index (χ2v) is 5.27. The first-order valence-electron chi connectivity index (χ1n) is 7.09. The Morgan fingerprint density at radius 1 is 1.33 bits per heavy atom. The minimum atomic E-state index is -0.906. The number of carbonyl (C=O) groups excluding carboxylic acids is 1. The standard InChI is InChI=1S/C14H25NO3/c1-3-5-6-11(4-2)9-13(16)15(10-14(17)18)12-7-8-12/h11-12H,3-10H2,1-2H3,(H,17,18). The fraction of sp³-hybridized carbons (Fsp3) is 0.857. The average Bonchev–Trinajstić information content (AvgIpc) is 3.15. The molecule has 4 heteroatoms. The van der Waals surface area contributed by atoms with Crippen molar-refractivity contribution in [1.29, 1.82) is 0 Å². The molecule has 0 aromatic heterocycles. The zero-order valence-corrected chi connectivity index (χ0v) is 11.5. The Kier molecular flexibility index (Phi) is 6.16. The van der Waals surface area contributed by atoms with Crippen LogP contribution in [-0.2, 0) is 9.59 Å². The van der Waals surface area contributed by atoms with E-state index in [9.17, 15) is 9.59 Å². The summed E-state index contributed by atoms with van der Waals surface area (Å²) in [4.78, 5) is 24.5. The molecule has 0 spiro atoms. The molecule has 1 N–H and O–H groups in total. The van der Waals surface area contributed by atoms with Crippen LogP contribution in [0.5, 0.6) is 0 Å². The van der Waals surface area contributed by atoms with Gasteiger partial charge in [0.25, 0.3) is 0 Å². The van der Waals surface area contributed by atoms with E-state index in [4.69, 9.17) is 5.11 Å². The van der Waals surface area contributed by atoms with Gasteiger partial charge in [-0.3, -0.25) is 9.59 Å². The van der Waals surface area contributed by atoms with Crippen LogP contribution in [0.4, 0.5) is 0 Å². The molecule has 1 unspecified atom stereocenters. The van der Waals surface area contributed by atoms with Crippen molar-refractivity contribution in [1.82, 2.24) is 4.90 Å². The van der Waals surface area contributed by atoms with Crippen LogP contribution >= 0.6 is 0 Å². The normalized spacial score (nSPS) is 16.3. The lowest BCUT2D eigenvalue weighted by molar-refractivity contribution is -0.145. The Hall–Kier alpha value is -1.06. The maximum atomic E-state index is 12.2. The summed E-state index contributed by atoms with van der Waals surface area (Å²) in [6.07, 6.45) is 6.80. The van der Waals surface area contributed by atoms with Crippen LogP contribution in [-0.4, -0.2) is 34.5 Å². The van der Waals surface area contributed by atoms with E-state index in [-0.39, 0.29) is 18.5 Å². The summed E-state index contributed by atoms with van der Waals surface area (Å²) in [7, 11) is 0. The number of carbonyl (C=O) groups is 2. The molecule has 0 aliphatic heterocycles. The lowest BCUT2D eigenvalue weighted by atomic mass is 9.95. The van der Waals surface area contributed by atoms with Crippen molar-refractivity contribution in [2.24, 2.45) is 5.92 Å². The van der Waals surface area contributed by atoms with Gasteiger partial charge in [-0.25, -0.2) is 0 Å². The van der Waals surface area contributed by atoms with Gasteiger partial charge in [0.15, 0.2) is 0 Å². The van der Waals surface area contributed by atoms with Crippen LogP contribution in [0.1, 0.15) is 58.8 Å². The summed E-state index contributed by atoms with van der Waals surface area (Å²) in [5, 5.41) is 8.85. The quantitative estimate of drug-likeness (QED) is 0.689. The Labute approximate surface area is 109 Å². The average molecular weight is 255 g/mol. The van der Waals surface area contributed by atoms with Gasteiger partial charge >= 0.3 is 5.97 Å². The number of hydrogen-bond donors (Lipinski definition) is 1. The SMILES string of the molecule is CCCCC(CC)CC(=O)N(CC(=O)O)C1CC1. The predicted octanol–water partition coefficient (Wildman–Crippen LogP) is 2.67. The van der Waals surface area contributed by atoms with Crippen molar-refractivity contribution in [3.8, 4) is 0 Å². The van der Waals surface area contributed by atoms with Crippen molar-refractivity contribution in [2.45, 2.75) is 64.8 Å². The molecule has 0 bridgehead atoms. The minimum absolute atomic E-state index is 0.0304. The number of aliphatic carboxylic acids is 1. The summed E-state index contributed by atoms with van der Waals surface area (Å²) in [6, 6.07) is 0.192. The first kappa shape index (κ1) is 15.0. The summed E-state index contributed by atoms with van der Waals surface area (Å²) >= 11 is 0. The van der Waals surface area contributed by atoms with Crippen LogP contribution in [0, 0.1) is 5.92 Å². The Bertz CT molecular complexity index is 287. The molecule has 0 aromatic rings.